The first-order valence-electron chi connectivity index (χ1n) is 34.0. The smallest absolute Gasteiger partial charge is 0.164 e. The Morgan fingerprint density at radius 3 is 1.11 bits per heavy atom. The van der Waals surface area contributed by atoms with Gasteiger partial charge in [-0.2, -0.15) is 0 Å². The van der Waals surface area contributed by atoms with Crippen LogP contribution in [0.25, 0.3) is 219 Å². The molecule has 0 fully saturated rings. The summed E-state index contributed by atoms with van der Waals surface area (Å²) in [6, 6.07) is 107. The maximum atomic E-state index is 7.20. The third kappa shape index (κ3) is 8.70. The Morgan fingerprint density at radius 1 is 0.216 bits per heavy atom. The lowest BCUT2D eigenvalue weighted by Crippen LogP contribution is -2.00. The van der Waals surface area contributed by atoms with Crippen molar-refractivity contribution in [3.63, 3.8) is 0 Å². The molecule has 10 nitrogen and oxygen atoms in total. The fraction of sp³-hybridized carbons (Fsp3) is 0. The van der Waals surface area contributed by atoms with Gasteiger partial charge in [-0.3, -0.25) is 0 Å². The molecule has 0 aliphatic rings. The van der Waals surface area contributed by atoms with Gasteiger partial charge in [0.2, 0.25) is 0 Å². The van der Waals surface area contributed by atoms with Crippen molar-refractivity contribution < 1.29 is 8.83 Å². The number of para-hydroxylation sites is 6. The van der Waals surface area contributed by atoms with E-state index >= 15 is 0 Å². The maximum absolute atomic E-state index is 7.20. The summed E-state index contributed by atoms with van der Waals surface area (Å²) in [5.41, 5.74) is 17.3. The first-order chi connectivity index (χ1) is 50.5. The van der Waals surface area contributed by atoms with Gasteiger partial charge in [-0.25, -0.2) is 29.9 Å². The molecule has 0 saturated carbocycles. The van der Waals surface area contributed by atoms with Gasteiger partial charge in [-0.15, -0.1) is 22.7 Å². The monoisotopic (exact) mass is 1340 g/mol. The highest BCUT2D eigenvalue weighted by Gasteiger charge is 2.25. The van der Waals surface area contributed by atoms with E-state index in [4.69, 9.17) is 38.7 Å². The Bertz CT molecular complexity index is 7160. The van der Waals surface area contributed by atoms with Crippen molar-refractivity contribution in [2.24, 2.45) is 0 Å². The Balaban J connectivity index is 0.612. The molecule has 474 valence electrons. The average molecular weight is 1340 g/mol. The van der Waals surface area contributed by atoms with Crippen LogP contribution in [0.1, 0.15) is 0 Å². The van der Waals surface area contributed by atoms with Crippen molar-refractivity contribution in [1.82, 2.24) is 39.0 Å². The van der Waals surface area contributed by atoms with E-state index in [1.807, 2.05) is 60.7 Å². The third-order valence-electron chi connectivity index (χ3n) is 20.2. The molecule has 0 radical (unpaired) electrons. The van der Waals surface area contributed by atoms with Gasteiger partial charge in [0.25, 0.3) is 0 Å². The Hall–Kier alpha value is -13.3. The normalized spacial score (nSPS) is 12.1. The molecule has 102 heavy (non-hydrogen) atoms. The van der Waals surface area contributed by atoms with Crippen LogP contribution in [0.4, 0.5) is 0 Å². The molecular weight excluding hydrogens is 1290 g/mol. The van der Waals surface area contributed by atoms with E-state index < -0.39 is 0 Å². The lowest BCUT2D eigenvalue weighted by atomic mass is 10.0. The highest BCUT2D eigenvalue weighted by Crippen LogP contribution is 2.48. The number of nitrogens with zero attached hydrogens (tertiary/aromatic N) is 8. The summed E-state index contributed by atoms with van der Waals surface area (Å²) in [4.78, 5) is 31.3. The van der Waals surface area contributed by atoms with E-state index in [9.17, 15) is 0 Å². The van der Waals surface area contributed by atoms with E-state index in [1.54, 1.807) is 22.7 Å². The van der Waals surface area contributed by atoms with Gasteiger partial charge in [0.05, 0.1) is 38.1 Å². The number of aromatic nitrogens is 8. The van der Waals surface area contributed by atoms with Gasteiger partial charge < -0.3 is 18.0 Å². The summed E-state index contributed by atoms with van der Waals surface area (Å²) >= 11 is 3.52. The van der Waals surface area contributed by atoms with E-state index in [-0.39, 0.29) is 0 Å². The second-order valence-electron chi connectivity index (χ2n) is 26.0. The molecule has 0 unspecified atom stereocenters. The topological polar surface area (TPSA) is 113 Å². The number of hydrogen-bond donors (Lipinski definition) is 0. The van der Waals surface area contributed by atoms with Gasteiger partial charge in [0.15, 0.2) is 51.7 Å². The highest BCUT2D eigenvalue weighted by atomic mass is 32.1. The van der Waals surface area contributed by atoms with Crippen LogP contribution in [-0.4, -0.2) is 39.0 Å². The number of thiophene rings is 2. The molecule has 0 amide bonds. The molecule has 8 aromatic heterocycles. The molecule has 0 spiro atoms. The van der Waals surface area contributed by atoms with Gasteiger partial charge in [0.1, 0.15) is 5.58 Å². The number of rotatable bonds is 9. The second kappa shape index (κ2) is 22.1. The minimum Gasteiger partial charge on any atom is -0.453 e. The standard InChI is InChI=1S/C90H50N8O2S2/c1-3-18-52(19-4-1)85-91-87(95-89(93-85)57-40-45-76-68(49-57)67-43-42-66-64-29-17-35-75(81(64)100-83(66)84(67)102-76)98-72-32-13-9-26-61(72)62-27-10-14-33-73(62)98)54-38-36-51(37-39-54)55-22-15-23-56(48-55)88-92-86(53-20-5-2-6-21-53)94-90(96-88)58-41-46-77-69(50-58)79-78(101-77)47-44-65-63-28-16-34-74(80(63)99-82(65)79)97-70-30-11-7-24-59(70)60-25-8-12-31-71(60)97/h1-50H. The molecule has 12 heteroatoms. The van der Waals surface area contributed by atoms with Crippen LogP contribution in [0.3, 0.4) is 0 Å². The van der Waals surface area contributed by atoms with Crippen LogP contribution in [0.15, 0.2) is 312 Å². The van der Waals surface area contributed by atoms with Crippen molar-refractivity contribution in [2.75, 3.05) is 0 Å². The SMILES string of the molecule is c1ccc(-c2nc(-c3ccc(-c4cccc(-c5nc(-c6ccccc6)nc(-c6ccc7sc8ccc9c%10cccc(-n%11c%12ccccc%12c%12ccccc%12%11)c%10oc9c8c7c6)n5)c4)cc3)nc(-c3ccc4sc5c(ccc6c7cccc(-n8c9ccccc9c9ccccc98)c7oc65)c4c3)n2)cc1. The third-order valence-corrected chi connectivity index (χ3v) is 22.6. The first kappa shape index (κ1) is 56.7. The number of hydrogen-bond acceptors (Lipinski definition) is 10. The van der Waals surface area contributed by atoms with Crippen LogP contribution in [0.2, 0.25) is 0 Å². The van der Waals surface area contributed by atoms with Crippen molar-refractivity contribution in [3.8, 4) is 90.8 Å². The molecule has 14 aromatic carbocycles. The summed E-state index contributed by atoms with van der Waals surface area (Å²) in [5, 5.41) is 13.5. The van der Waals surface area contributed by atoms with E-state index in [1.165, 1.54) is 21.5 Å². The zero-order valence-corrected chi connectivity index (χ0v) is 55.7. The van der Waals surface area contributed by atoms with Gasteiger partial charge in [0, 0.05) is 112 Å². The predicted octanol–water partition coefficient (Wildman–Crippen LogP) is 24.5. The minimum absolute atomic E-state index is 0.567. The molecule has 0 saturated heterocycles. The molecule has 0 atom stereocenters. The Kier molecular flexibility index (Phi) is 12.3. The zero-order chi connectivity index (χ0) is 66.7. The zero-order valence-electron chi connectivity index (χ0n) is 54.1. The lowest BCUT2D eigenvalue weighted by Gasteiger charge is -2.11. The molecule has 22 rings (SSSR count). The summed E-state index contributed by atoms with van der Waals surface area (Å²) < 4.78 is 23.5. The second-order valence-corrected chi connectivity index (χ2v) is 28.2. The van der Waals surface area contributed by atoms with Crippen molar-refractivity contribution in [3.05, 3.63) is 303 Å². The van der Waals surface area contributed by atoms with Gasteiger partial charge in [-0.1, -0.05) is 206 Å². The van der Waals surface area contributed by atoms with E-state index in [0.29, 0.717) is 34.9 Å². The molecular formula is C90H50N8O2S2. The molecule has 0 bridgehead atoms. The largest absolute Gasteiger partial charge is 0.453 e. The van der Waals surface area contributed by atoms with Crippen LogP contribution in [-0.2, 0) is 0 Å². The lowest BCUT2D eigenvalue weighted by molar-refractivity contribution is 0.670. The number of benzene rings is 14. The molecule has 0 aliphatic heterocycles. The molecule has 0 aliphatic carbocycles. The van der Waals surface area contributed by atoms with Gasteiger partial charge >= 0.3 is 0 Å². The summed E-state index contributed by atoms with van der Waals surface area (Å²) in [6.45, 7) is 0. The Morgan fingerprint density at radius 2 is 0.569 bits per heavy atom. The predicted molar refractivity (Wildman–Crippen MR) is 420 cm³/mol. The Labute approximate surface area is 588 Å². The summed E-state index contributed by atoms with van der Waals surface area (Å²) in [7, 11) is 0. The average Bonchev–Trinajstić information content (AvgIpc) is 1.57. The van der Waals surface area contributed by atoms with Crippen molar-refractivity contribution in [2.45, 2.75) is 0 Å². The summed E-state index contributed by atoms with van der Waals surface area (Å²) in [5.74, 6) is 3.48. The van der Waals surface area contributed by atoms with E-state index in [0.717, 1.165) is 162 Å². The maximum Gasteiger partial charge on any atom is 0.164 e. The highest BCUT2D eigenvalue weighted by molar-refractivity contribution is 7.26. The van der Waals surface area contributed by atoms with Gasteiger partial charge in [-0.05, 0) is 108 Å². The number of furan rings is 2. The van der Waals surface area contributed by atoms with Crippen molar-refractivity contribution >= 4 is 151 Å². The summed E-state index contributed by atoms with van der Waals surface area (Å²) in [6.07, 6.45) is 0. The minimum atomic E-state index is 0.567. The van der Waals surface area contributed by atoms with Crippen LogP contribution in [0.5, 0.6) is 0 Å². The quantitative estimate of drug-likeness (QED) is 0.140. The van der Waals surface area contributed by atoms with E-state index in [2.05, 4.69) is 252 Å². The van der Waals surface area contributed by atoms with Crippen LogP contribution >= 0.6 is 22.7 Å². The number of fused-ring (bicyclic) bond motifs is 20. The molecule has 22 aromatic rings. The molecule has 8 heterocycles. The van der Waals surface area contributed by atoms with Crippen LogP contribution < -0.4 is 0 Å². The fourth-order valence-corrected chi connectivity index (χ4v) is 17.8. The first-order valence-corrected chi connectivity index (χ1v) is 35.6. The molecule has 0 N–H and O–H groups in total. The fourth-order valence-electron chi connectivity index (χ4n) is 15.5. The van der Waals surface area contributed by atoms with Crippen LogP contribution in [0, 0.1) is 0 Å². The van der Waals surface area contributed by atoms with Crippen molar-refractivity contribution in [1.29, 1.82) is 0 Å².